The van der Waals surface area contributed by atoms with E-state index in [-0.39, 0.29) is 24.6 Å². The highest BCUT2D eigenvalue weighted by atomic mass is 32.1. The molecule has 1 aromatic carbocycles. The zero-order chi connectivity index (χ0) is 24.4. The fourth-order valence-corrected chi connectivity index (χ4v) is 5.94. The predicted octanol–water partition coefficient (Wildman–Crippen LogP) is 3.79. The highest BCUT2D eigenvalue weighted by Gasteiger charge is 2.24. The zero-order valence-electron chi connectivity index (χ0n) is 19.5. The maximum Gasteiger partial charge on any atom is 0.337 e. The van der Waals surface area contributed by atoms with E-state index in [1.165, 1.54) is 20.5 Å². The first-order chi connectivity index (χ1) is 17.1. The molecule has 0 saturated heterocycles. The molecule has 1 N–H and O–H groups in total. The molecule has 0 unspecified atom stereocenters. The van der Waals surface area contributed by atoms with E-state index in [9.17, 15) is 14.4 Å². The lowest BCUT2D eigenvalue weighted by Gasteiger charge is -2.13. The van der Waals surface area contributed by atoms with E-state index in [4.69, 9.17) is 9.15 Å². The minimum absolute atomic E-state index is 0.188. The molecule has 3 heterocycles. The van der Waals surface area contributed by atoms with E-state index in [1.54, 1.807) is 42.7 Å². The molecule has 0 saturated carbocycles. The maximum atomic E-state index is 13.7. The molecular formula is C26H27N3O5S. The average molecular weight is 494 g/mol. The van der Waals surface area contributed by atoms with Gasteiger partial charge in [-0.15, -0.1) is 11.3 Å². The van der Waals surface area contributed by atoms with Gasteiger partial charge in [0.2, 0.25) is 5.91 Å². The molecule has 0 spiro atoms. The third kappa shape index (κ3) is 4.55. The van der Waals surface area contributed by atoms with E-state index in [0.717, 1.165) is 42.5 Å². The van der Waals surface area contributed by atoms with Gasteiger partial charge in [-0.3, -0.25) is 14.2 Å². The maximum absolute atomic E-state index is 13.7. The molecule has 1 aliphatic carbocycles. The van der Waals surface area contributed by atoms with Crippen LogP contribution in [0.3, 0.4) is 0 Å². The minimum Gasteiger partial charge on any atom is -0.494 e. The Morgan fingerprint density at radius 1 is 1.11 bits per heavy atom. The molecule has 3 aromatic heterocycles. The summed E-state index contributed by atoms with van der Waals surface area (Å²) in [5.41, 5.74) is 0.609. The van der Waals surface area contributed by atoms with Crippen molar-refractivity contribution in [2.24, 2.45) is 0 Å². The quantitative estimate of drug-likeness (QED) is 0.395. The number of rotatable bonds is 7. The molecule has 5 rings (SSSR count). The highest BCUT2D eigenvalue weighted by molar-refractivity contribution is 7.18. The average Bonchev–Trinajstić information content (AvgIpc) is 3.44. The van der Waals surface area contributed by atoms with Crippen LogP contribution in [0.15, 0.2) is 56.7 Å². The van der Waals surface area contributed by atoms with Gasteiger partial charge in [0.25, 0.3) is 5.56 Å². The van der Waals surface area contributed by atoms with Gasteiger partial charge in [-0.05, 0) is 74.6 Å². The number of fused-ring (bicyclic) bond motifs is 3. The summed E-state index contributed by atoms with van der Waals surface area (Å²) >= 11 is 1.47. The molecular weight excluding hydrogens is 466 g/mol. The summed E-state index contributed by atoms with van der Waals surface area (Å²) in [6.45, 7) is 2.45. The second-order valence-electron chi connectivity index (χ2n) is 8.54. The fraction of sp³-hybridized carbons (Fsp3) is 0.346. The van der Waals surface area contributed by atoms with Gasteiger partial charge in [0.15, 0.2) is 0 Å². The van der Waals surface area contributed by atoms with Gasteiger partial charge in [-0.1, -0.05) is 6.42 Å². The molecule has 35 heavy (non-hydrogen) atoms. The number of nitrogens with zero attached hydrogens (tertiary/aromatic N) is 2. The Kier molecular flexibility index (Phi) is 6.59. The number of nitrogens with one attached hydrogen (secondary N) is 1. The molecule has 9 heteroatoms. The number of aryl methyl sites for hydroxylation is 2. The first kappa shape index (κ1) is 23.2. The molecule has 0 atom stereocenters. The van der Waals surface area contributed by atoms with Crippen molar-refractivity contribution in [1.82, 2.24) is 14.5 Å². The normalized spacial score (nSPS) is 13.4. The van der Waals surface area contributed by atoms with E-state index in [2.05, 4.69) is 5.32 Å². The summed E-state index contributed by atoms with van der Waals surface area (Å²) in [4.78, 5) is 42.0. The predicted molar refractivity (Wildman–Crippen MR) is 135 cm³/mol. The van der Waals surface area contributed by atoms with Crippen molar-refractivity contribution in [3.8, 4) is 11.4 Å². The lowest BCUT2D eigenvalue weighted by atomic mass is 10.1. The van der Waals surface area contributed by atoms with Crippen LogP contribution in [0.2, 0.25) is 0 Å². The molecule has 1 amide bonds. The monoisotopic (exact) mass is 493 g/mol. The molecule has 8 nitrogen and oxygen atoms in total. The molecule has 0 aliphatic heterocycles. The standard InChI is InChI=1S/C26H27N3O5S/c1-2-33-18-12-10-17(11-13-18)29-24(31)23-20-8-4-3-5-9-21(20)35-25(23)28(26(29)32)16-22(30)27-15-19-7-6-14-34-19/h6-7,10-14H,2-5,8-9,15-16H2,1H3,(H,27,30). The summed E-state index contributed by atoms with van der Waals surface area (Å²) in [7, 11) is 0. The SMILES string of the molecule is CCOc1ccc(-n2c(=O)c3c4c(sc3n(CC(=O)NCc3ccco3)c2=O)CCCCC4)cc1. The first-order valence-electron chi connectivity index (χ1n) is 11.9. The molecule has 0 fully saturated rings. The van der Waals surface area contributed by atoms with Gasteiger partial charge in [0.1, 0.15) is 22.9 Å². The van der Waals surface area contributed by atoms with Crippen LogP contribution >= 0.6 is 11.3 Å². The van der Waals surface area contributed by atoms with Crippen LogP contribution < -0.4 is 21.3 Å². The van der Waals surface area contributed by atoms with Crippen LogP contribution in [-0.2, 0) is 30.7 Å². The van der Waals surface area contributed by atoms with Gasteiger partial charge in [0.05, 0.1) is 30.5 Å². The number of aromatic nitrogens is 2. The van der Waals surface area contributed by atoms with Crippen molar-refractivity contribution in [2.75, 3.05) is 6.61 Å². The minimum atomic E-state index is -0.531. The number of amides is 1. The molecule has 0 bridgehead atoms. The van der Waals surface area contributed by atoms with Crippen LogP contribution in [0, 0.1) is 0 Å². The van der Waals surface area contributed by atoms with Crippen molar-refractivity contribution in [3.63, 3.8) is 0 Å². The number of furan rings is 1. The van der Waals surface area contributed by atoms with Gasteiger partial charge in [0, 0.05) is 4.88 Å². The Balaban J connectivity index is 1.62. The van der Waals surface area contributed by atoms with Crippen molar-refractivity contribution >= 4 is 27.5 Å². The zero-order valence-corrected chi connectivity index (χ0v) is 20.4. The van der Waals surface area contributed by atoms with Crippen LogP contribution in [-0.4, -0.2) is 21.6 Å². The Hall–Kier alpha value is -3.59. The Morgan fingerprint density at radius 2 is 1.91 bits per heavy atom. The summed E-state index contributed by atoms with van der Waals surface area (Å²) in [6, 6.07) is 10.4. The van der Waals surface area contributed by atoms with Crippen LogP contribution in [0.1, 0.15) is 42.4 Å². The third-order valence-corrected chi connectivity index (χ3v) is 7.55. The first-order valence-corrected chi connectivity index (χ1v) is 12.7. The van der Waals surface area contributed by atoms with Gasteiger partial charge < -0.3 is 14.5 Å². The van der Waals surface area contributed by atoms with Crippen molar-refractivity contribution < 1.29 is 13.9 Å². The Labute approximate surface area is 205 Å². The van der Waals surface area contributed by atoms with Crippen LogP contribution in [0.25, 0.3) is 15.9 Å². The number of ether oxygens (including phenoxy) is 1. The van der Waals surface area contributed by atoms with Crippen LogP contribution in [0.5, 0.6) is 5.75 Å². The van der Waals surface area contributed by atoms with Crippen molar-refractivity contribution in [2.45, 2.75) is 52.1 Å². The smallest absolute Gasteiger partial charge is 0.337 e. The van der Waals surface area contributed by atoms with Gasteiger partial charge in [-0.2, -0.15) is 0 Å². The Bertz CT molecular complexity index is 1460. The summed E-state index contributed by atoms with van der Waals surface area (Å²) in [6.07, 6.45) is 6.41. The molecule has 4 aromatic rings. The Morgan fingerprint density at radius 3 is 2.66 bits per heavy atom. The highest BCUT2D eigenvalue weighted by Crippen LogP contribution is 2.33. The number of thiophene rings is 1. The van der Waals surface area contributed by atoms with Crippen molar-refractivity contribution in [1.29, 1.82) is 0 Å². The van der Waals surface area contributed by atoms with E-state index in [0.29, 0.717) is 34.0 Å². The fourth-order valence-electron chi connectivity index (χ4n) is 4.57. The summed E-state index contributed by atoms with van der Waals surface area (Å²) in [5, 5.41) is 3.36. The lowest BCUT2D eigenvalue weighted by Crippen LogP contribution is -2.41. The third-order valence-electron chi connectivity index (χ3n) is 6.23. The second-order valence-corrected chi connectivity index (χ2v) is 9.62. The second kappa shape index (κ2) is 9.95. The van der Waals surface area contributed by atoms with Crippen LogP contribution in [0.4, 0.5) is 0 Å². The van der Waals surface area contributed by atoms with E-state index < -0.39 is 5.69 Å². The number of hydrogen-bond acceptors (Lipinski definition) is 6. The largest absolute Gasteiger partial charge is 0.494 e. The molecule has 182 valence electrons. The van der Waals surface area contributed by atoms with Gasteiger partial charge in [-0.25, -0.2) is 9.36 Å². The summed E-state index contributed by atoms with van der Waals surface area (Å²) in [5.74, 6) is 0.954. The van der Waals surface area contributed by atoms with Gasteiger partial charge >= 0.3 is 5.69 Å². The molecule has 1 aliphatic rings. The lowest BCUT2D eigenvalue weighted by molar-refractivity contribution is -0.121. The van der Waals surface area contributed by atoms with Crippen molar-refractivity contribution in [3.05, 3.63) is 79.7 Å². The molecule has 0 radical (unpaired) electrons. The number of carbonyl (C=O) groups is 1. The number of hydrogen-bond donors (Lipinski definition) is 1. The van der Waals surface area contributed by atoms with E-state index in [1.807, 2.05) is 6.92 Å². The van der Waals surface area contributed by atoms with E-state index >= 15 is 0 Å². The number of carbonyl (C=O) groups excluding carboxylic acids is 1. The summed E-state index contributed by atoms with van der Waals surface area (Å²) < 4.78 is 13.4. The number of benzene rings is 1. The topological polar surface area (TPSA) is 95.5 Å².